The van der Waals surface area contributed by atoms with Crippen LogP contribution in [0.25, 0.3) is 0 Å². The highest BCUT2D eigenvalue weighted by atomic mass is 35.5. The number of halogens is 1. The molecule has 0 aliphatic heterocycles. The summed E-state index contributed by atoms with van der Waals surface area (Å²) in [5.41, 5.74) is 0. The third-order valence-corrected chi connectivity index (χ3v) is 1.84. The van der Waals surface area contributed by atoms with Gasteiger partial charge in [0.2, 0.25) is 0 Å². The molecule has 2 nitrogen and oxygen atoms in total. The summed E-state index contributed by atoms with van der Waals surface area (Å²) in [5.74, 6) is 2.17. The highest BCUT2D eigenvalue weighted by Crippen LogP contribution is 2.16. The molecule has 0 saturated carbocycles. The van der Waals surface area contributed by atoms with Gasteiger partial charge in [0.15, 0.2) is 0 Å². The average Bonchev–Trinajstić information content (AvgIpc) is 2.25. The molecule has 0 fully saturated rings. The van der Waals surface area contributed by atoms with Gasteiger partial charge >= 0.3 is 0 Å². The van der Waals surface area contributed by atoms with E-state index in [1.54, 1.807) is 7.11 Å². The molecule has 0 N–H and O–H groups in total. The third kappa shape index (κ3) is 3.71. The third-order valence-electron chi connectivity index (χ3n) is 1.66. The van der Waals surface area contributed by atoms with Crippen molar-refractivity contribution in [3.05, 3.63) is 36.4 Å². The maximum absolute atomic E-state index is 5.46. The fourth-order valence-electron chi connectivity index (χ4n) is 0.947. The largest absolute Gasteiger partial charge is 0.497 e. The van der Waals surface area contributed by atoms with Gasteiger partial charge in [0.25, 0.3) is 0 Å². The minimum atomic E-state index is 0.520. The van der Waals surface area contributed by atoms with Gasteiger partial charge in [-0.05, 0) is 24.3 Å². The van der Waals surface area contributed by atoms with Crippen molar-refractivity contribution in [3.63, 3.8) is 0 Å². The van der Waals surface area contributed by atoms with Gasteiger partial charge in [-0.2, -0.15) is 0 Å². The molecular formula is C11H13ClO2. The molecule has 0 saturated heterocycles. The molecular weight excluding hydrogens is 200 g/mol. The van der Waals surface area contributed by atoms with Crippen LogP contribution in [0.15, 0.2) is 36.4 Å². The van der Waals surface area contributed by atoms with E-state index in [0.717, 1.165) is 11.5 Å². The maximum atomic E-state index is 5.46. The van der Waals surface area contributed by atoms with Crippen LogP contribution in [0.5, 0.6) is 11.5 Å². The van der Waals surface area contributed by atoms with Gasteiger partial charge in [0.1, 0.15) is 18.1 Å². The molecule has 1 aromatic carbocycles. The molecule has 0 atom stereocenters. The molecule has 0 radical (unpaired) electrons. The van der Waals surface area contributed by atoms with Gasteiger partial charge in [0.05, 0.1) is 7.11 Å². The van der Waals surface area contributed by atoms with Crippen molar-refractivity contribution in [2.45, 2.75) is 0 Å². The Morgan fingerprint density at radius 2 is 1.79 bits per heavy atom. The molecule has 0 aliphatic rings. The van der Waals surface area contributed by atoms with E-state index in [1.165, 1.54) is 0 Å². The van der Waals surface area contributed by atoms with Crippen molar-refractivity contribution in [2.24, 2.45) is 0 Å². The standard InChI is InChI=1S/C11H13ClO2/c1-13-10-4-6-11(7-5-10)14-9-3-2-8-12/h2-7H,8-9H2,1H3. The first-order valence-electron chi connectivity index (χ1n) is 4.34. The van der Waals surface area contributed by atoms with Crippen LogP contribution < -0.4 is 9.47 Å². The molecule has 1 rings (SSSR count). The Balaban J connectivity index is 2.40. The minimum Gasteiger partial charge on any atom is -0.497 e. The number of methoxy groups -OCH3 is 1. The van der Waals surface area contributed by atoms with E-state index in [-0.39, 0.29) is 0 Å². The summed E-state index contributed by atoms with van der Waals surface area (Å²) in [7, 11) is 1.64. The normalized spacial score (nSPS) is 10.4. The second-order valence-electron chi connectivity index (χ2n) is 2.61. The van der Waals surface area contributed by atoms with Crippen molar-refractivity contribution < 1.29 is 9.47 Å². The molecule has 0 heterocycles. The SMILES string of the molecule is COc1ccc(OCC=CCCl)cc1. The Morgan fingerprint density at radius 1 is 1.14 bits per heavy atom. The summed E-state index contributed by atoms with van der Waals surface area (Å²) in [6.45, 7) is 0.541. The van der Waals surface area contributed by atoms with Crippen molar-refractivity contribution in [1.29, 1.82) is 0 Å². The number of hydrogen-bond donors (Lipinski definition) is 0. The second-order valence-corrected chi connectivity index (χ2v) is 2.92. The molecule has 0 amide bonds. The first-order valence-corrected chi connectivity index (χ1v) is 4.88. The van der Waals surface area contributed by atoms with E-state index in [0.29, 0.717) is 12.5 Å². The Hall–Kier alpha value is -1.15. The van der Waals surface area contributed by atoms with Crippen LogP contribution in [-0.2, 0) is 0 Å². The van der Waals surface area contributed by atoms with Crippen LogP contribution in [-0.4, -0.2) is 19.6 Å². The molecule has 0 bridgehead atoms. The smallest absolute Gasteiger partial charge is 0.120 e. The van der Waals surface area contributed by atoms with Gasteiger partial charge in [-0.1, -0.05) is 12.2 Å². The number of hydrogen-bond acceptors (Lipinski definition) is 2. The lowest BCUT2D eigenvalue weighted by Crippen LogP contribution is -1.93. The number of ether oxygens (including phenoxy) is 2. The molecule has 76 valence electrons. The van der Waals surface area contributed by atoms with E-state index >= 15 is 0 Å². The topological polar surface area (TPSA) is 18.5 Å². The Morgan fingerprint density at radius 3 is 2.36 bits per heavy atom. The van der Waals surface area contributed by atoms with Crippen molar-refractivity contribution in [3.8, 4) is 11.5 Å². The molecule has 3 heteroatoms. The lowest BCUT2D eigenvalue weighted by atomic mass is 10.3. The Bertz CT molecular complexity index is 280. The Labute approximate surface area is 89.1 Å². The fraction of sp³-hybridized carbons (Fsp3) is 0.273. The minimum absolute atomic E-state index is 0.520. The van der Waals surface area contributed by atoms with Crippen LogP contribution in [0.2, 0.25) is 0 Å². The van der Waals surface area contributed by atoms with Crippen molar-refractivity contribution in [2.75, 3.05) is 19.6 Å². The zero-order valence-corrected chi connectivity index (χ0v) is 8.83. The summed E-state index contributed by atoms with van der Waals surface area (Å²) in [6.07, 6.45) is 3.74. The van der Waals surface area contributed by atoms with Gasteiger partial charge < -0.3 is 9.47 Å². The van der Waals surface area contributed by atoms with Crippen molar-refractivity contribution >= 4 is 11.6 Å². The van der Waals surface area contributed by atoms with Crippen LogP contribution >= 0.6 is 11.6 Å². The highest BCUT2D eigenvalue weighted by molar-refractivity contribution is 6.18. The van der Waals surface area contributed by atoms with Gasteiger partial charge in [-0.15, -0.1) is 11.6 Å². The summed E-state index contributed by atoms with van der Waals surface area (Å²) in [6, 6.07) is 7.46. The average molecular weight is 213 g/mol. The van der Waals surface area contributed by atoms with E-state index in [1.807, 2.05) is 36.4 Å². The number of rotatable bonds is 5. The number of alkyl halides is 1. The number of benzene rings is 1. The maximum Gasteiger partial charge on any atom is 0.120 e. The van der Waals surface area contributed by atoms with E-state index in [9.17, 15) is 0 Å². The molecule has 0 aromatic heterocycles. The van der Waals surface area contributed by atoms with Crippen molar-refractivity contribution in [1.82, 2.24) is 0 Å². The first kappa shape index (κ1) is 10.9. The molecule has 0 aliphatic carbocycles. The van der Waals surface area contributed by atoms with Crippen LogP contribution in [0.4, 0.5) is 0 Å². The van der Waals surface area contributed by atoms with Gasteiger partial charge in [-0.25, -0.2) is 0 Å². The zero-order valence-electron chi connectivity index (χ0n) is 8.07. The van der Waals surface area contributed by atoms with E-state index < -0.39 is 0 Å². The summed E-state index contributed by atoms with van der Waals surface area (Å²) in [5, 5.41) is 0. The molecule has 1 aromatic rings. The highest BCUT2D eigenvalue weighted by Gasteiger charge is 1.92. The van der Waals surface area contributed by atoms with E-state index in [2.05, 4.69) is 0 Å². The predicted molar refractivity (Wildman–Crippen MR) is 58.3 cm³/mol. The molecule has 0 unspecified atom stereocenters. The number of allylic oxidation sites excluding steroid dienone is 1. The lowest BCUT2D eigenvalue weighted by molar-refractivity contribution is 0.360. The van der Waals surface area contributed by atoms with Crippen LogP contribution in [0.1, 0.15) is 0 Å². The first-order chi connectivity index (χ1) is 6.86. The summed E-state index contributed by atoms with van der Waals surface area (Å²) in [4.78, 5) is 0. The second kappa shape index (κ2) is 6.33. The summed E-state index contributed by atoms with van der Waals surface area (Å²) >= 11 is 5.46. The fourth-order valence-corrected chi connectivity index (χ4v) is 1.07. The van der Waals surface area contributed by atoms with Crippen LogP contribution in [0, 0.1) is 0 Å². The Kier molecular flexibility index (Phi) is 4.94. The lowest BCUT2D eigenvalue weighted by Gasteiger charge is -2.03. The molecule has 0 spiro atoms. The van der Waals surface area contributed by atoms with Crippen LogP contribution in [0.3, 0.4) is 0 Å². The quantitative estimate of drug-likeness (QED) is 0.552. The predicted octanol–water partition coefficient (Wildman–Crippen LogP) is 2.87. The van der Waals surface area contributed by atoms with Gasteiger partial charge in [0, 0.05) is 5.88 Å². The molecule has 14 heavy (non-hydrogen) atoms. The monoisotopic (exact) mass is 212 g/mol. The summed E-state index contributed by atoms with van der Waals surface area (Å²) < 4.78 is 10.4. The zero-order chi connectivity index (χ0) is 10.2. The van der Waals surface area contributed by atoms with E-state index in [4.69, 9.17) is 21.1 Å². The van der Waals surface area contributed by atoms with Gasteiger partial charge in [-0.3, -0.25) is 0 Å².